The summed E-state index contributed by atoms with van der Waals surface area (Å²) in [4.78, 5) is 11.6. The van der Waals surface area contributed by atoms with Gasteiger partial charge in [-0.2, -0.15) is 0 Å². The summed E-state index contributed by atoms with van der Waals surface area (Å²) >= 11 is 3.36. The van der Waals surface area contributed by atoms with Gasteiger partial charge in [0.15, 0.2) is 5.82 Å². The first-order valence-electron chi connectivity index (χ1n) is 5.48. The molecule has 5 nitrogen and oxygen atoms in total. The van der Waals surface area contributed by atoms with Crippen LogP contribution in [-0.4, -0.2) is 21.3 Å². The molecule has 2 aromatic rings. The Morgan fingerprint density at radius 2 is 2.17 bits per heavy atom. The highest BCUT2D eigenvalue weighted by Gasteiger charge is 2.17. The summed E-state index contributed by atoms with van der Waals surface area (Å²) in [6, 6.07) is 5.59. The Bertz CT molecular complexity index is 587. The zero-order valence-electron chi connectivity index (χ0n) is 10.4. The lowest BCUT2D eigenvalue weighted by Crippen LogP contribution is -2.27. The lowest BCUT2D eigenvalue weighted by Gasteiger charge is -2.18. The third kappa shape index (κ3) is 3.22. The van der Waals surface area contributed by atoms with Crippen molar-refractivity contribution in [3.63, 3.8) is 0 Å². The van der Waals surface area contributed by atoms with Gasteiger partial charge in [0.2, 0.25) is 0 Å². The van der Waals surface area contributed by atoms with Crippen LogP contribution >= 0.6 is 15.9 Å². The molecular formula is C12H14BrN3O2. The van der Waals surface area contributed by atoms with Crippen molar-refractivity contribution in [2.24, 2.45) is 0 Å². The molecule has 0 fully saturated rings. The molecule has 0 unspecified atom stereocenters. The Balaban J connectivity index is 2.15. The molecule has 0 aliphatic heterocycles. The van der Waals surface area contributed by atoms with Crippen LogP contribution in [0.1, 0.15) is 20.8 Å². The van der Waals surface area contributed by atoms with Gasteiger partial charge in [-0.15, -0.1) is 5.10 Å². The van der Waals surface area contributed by atoms with Crippen molar-refractivity contribution in [2.75, 3.05) is 5.32 Å². The minimum absolute atomic E-state index is 0.461. The molecule has 18 heavy (non-hydrogen) atoms. The topological polar surface area (TPSA) is 55.6 Å². The number of hydrogen-bond acceptors (Lipinski definition) is 3. The fraction of sp³-hybridized carbons (Fsp3) is 0.333. The normalized spacial score (nSPS) is 11.6. The largest absolute Gasteiger partial charge is 0.444 e. The van der Waals surface area contributed by atoms with E-state index in [1.807, 2.05) is 39.1 Å². The molecule has 0 bridgehead atoms. The molecule has 0 radical (unpaired) electrons. The predicted molar refractivity (Wildman–Crippen MR) is 72.7 cm³/mol. The van der Waals surface area contributed by atoms with Crippen LogP contribution in [0.15, 0.2) is 28.9 Å². The summed E-state index contributed by atoms with van der Waals surface area (Å²) in [6.07, 6.45) is 1.31. The highest BCUT2D eigenvalue weighted by molar-refractivity contribution is 9.10. The lowest BCUT2D eigenvalue weighted by molar-refractivity contribution is 0.0635. The predicted octanol–water partition coefficient (Wildman–Crippen LogP) is 3.44. The minimum Gasteiger partial charge on any atom is -0.444 e. The SMILES string of the molecule is CC(C)(C)OC(=O)Nc1cc2ccc(Br)cn2n1. The van der Waals surface area contributed by atoms with Crippen LogP contribution in [0.5, 0.6) is 0 Å². The molecule has 0 saturated carbocycles. The van der Waals surface area contributed by atoms with E-state index >= 15 is 0 Å². The zero-order valence-corrected chi connectivity index (χ0v) is 12.0. The van der Waals surface area contributed by atoms with Gasteiger partial charge < -0.3 is 4.74 Å². The molecule has 0 aromatic carbocycles. The first-order chi connectivity index (χ1) is 8.33. The molecule has 0 aliphatic rings. The molecular weight excluding hydrogens is 298 g/mol. The minimum atomic E-state index is -0.522. The number of ether oxygens (including phenoxy) is 1. The van der Waals surface area contributed by atoms with Crippen LogP contribution in [0.3, 0.4) is 0 Å². The van der Waals surface area contributed by atoms with Gasteiger partial charge >= 0.3 is 6.09 Å². The number of anilines is 1. The summed E-state index contributed by atoms with van der Waals surface area (Å²) in [5.41, 5.74) is 0.371. The van der Waals surface area contributed by atoms with Crippen LogP contribution in [0, 0.1) is 0 Å². The van der Waals surface area contributed by atoms with Gasteiger partial charge in [0.1, 0.15) is 5.60 Å². The van der Waals surface area contributed by atoms with Crippen LogP contribution in [0.25, 0.3) is 5.52 Å². The van der Waals surface area contributed by atoms with E-state index < -0.39 is 11.7 Å². The van der Waals surface area contributed by atoms with E-state index in [9.17, 15) is 4.79 Å². The van der Waals surface area contributed by atoms with E-state index in [4.69, 9.17) is 4.74 Å². The van der Waals surface area contributed by atoms with Crippen molar-refractivity contribution in [3.05, 3.63) is 28.9 Å². The quantitative estimate of drug-likeness (QED) is 0.877. The molecule has 0 spiro atoms. The molecule has 2 aromatic heterocycles. The van der Waals surface area contributed by atoms with Crippen molar-refractivity contribution in [1.29, 1.82) is 0 Å². The number of rotatable bonds is 1. The van der Waals surface area contributed by atoms with Crippen LogP contribution in [0.2, 0.25) is 0 Å². The second-order valence-corrected chi connectivity index (χ2v) is 5.79. The molecule has 2 rings (SSSR count). The molecule has 6 heteroatoms. The molecule has 96 valence electrons. The number of carbonyl (C=O) groups is 1. The van der Waals surface area contributed by atoms with Gasteiger partial charge in [0.05, 0.1) is 5.52 Å². The summed E-state index contributed by atoms with van der Waals surface area (Å²) in [6.45, 7) is 5.44. The van der Waals surface area contributed by atoms with Crippen molar-refractivity contribution in [1.82, 2.24) is 9.61 Å². The van der Waals surface area contributed by atoms with Gasteiger partial charge in [-0.1, -0.05) is 0 Å². The van der Waals surface area contributed by atoms with Gasteiger partial charge in [0.25, 0.3) is 0 Å². The maximum absolute atomic E-state index is 11.6. The Labute approximate surface area is 113 Å². The second kappa shape index (κ2) is 4.61. The summed E-state index contributed by atoms with van der Waals surface area (Å²) in [5.74, 6) is 0.461. The Morgan fingerprint density at radius 1 is 1.44 bits per heavy atom. The van der Waals surface area contributed by atoms with Crippen LogP contribution < -0.4 is 5.32 Å². The molecule has 2 heterocycles. The monoisotopic (exact) mass is 311 g/mol. The zero-order chi connectivity index (χ0) is 13.3. The number of halogens is 1. The third-order valence-corrected chi connectivity index (χ3v) is 2.52. The van der Waals surface area contributed by atoms with Gasteiger partial charge in [0, 0.05) is 16.7 Å². The average Bonchev–Trinajstić information content (AvgIpc) is 2.55. The maximum atomic E-state index is 11.6. The molecule has 0 atom stereocenters. The Morgan fingerprint density at radius 3 is 2.83 bits per heavy atom. The van der Waals surface area contributed by atoms with Gasteiger partial charge in [-0.3, -0.25) is 5.32 Å². The number of aromatic nitrogens is 2. The lowest BCUT2D eigenvalue weighted by atomic mass is 10.2. The number of nitrogens with one attached hydrogen (secondary N) is 1. The fourth-order valence-electron chi connectivity index (χ4n) is 1.43. The van der Waals surface area contributed by atoms with Crippen molar-refractivity contribution in [3.8, 4) is 0 Å². The summed E-state index contributed by atoms with van der Waals surface area (Å²) in [5, 5.41) is 6.82. The molecule has 0 aliphatic carbocycles. The number of amides is 1. The van der Waals surface area contributed by atoms with Gasteiger partial charge in [-0.05, 0) is 48.8 Å². The Hall–Kier alpha value is -1.56. The molecule has 1 N–H and O–H groups in total. The number of pyridine rings is 1. The van der Waals surface area contributed by atoms with E-state index in [-0.39, 0.29) is 0 Å². The average molecular weight is 312 g/mol. The highest BCUT2D eigenvalue weighted by Crippen LogP contribution is 2.16. The number of fused-ring (bicyclic) bond motifs is 1. The highest BCUT2D eigenvalue weighted by atomic mass is 79.9. The number of hydrogen-bond donors (Lipinski definition) is 1. The molecule has 1 amide bonds. The molecule has 0 saturated heterocycles. The van der Waals surface area contributed by atoms with E-state index in [2.05, 4.69) is 26.3 Å². The van der Waals surface area contributed by atoms with E-state index in [1.165, 1.54) is 0 Å². The van der Waals surface area contributed by atoms with Crippen molar-refractivity contribution >= 4 is 33.4 Å². The first-order valence-corrected chi connectivity index (χ1v) is 6.28. The van der Waals surface area contributed by atoms with Crippen molar-refractivity contribution < 1.29 is 9.53 Å². The van der Waals surface area contributed by atoms with E-state index in [1.54, 1.807) is 10.6 Å². The third-order valence-electron chi connectivity index (χ3n) is 2.05. The van der Waals surface area contributed by atoms with E-state index in [0.717, 1.165) is 9.99 Å². The second-order valence-electron chi connectivity index (χ2n) is 4.87. The fourth-order valence-corrected chi connectivity index (χ4v) is 1.76. The Kier molecular flexibility index (Phi) is 3.30. The number of carbonyl (C=O) groups excluding carboxylic acids is 1. The van der Waals surface area contributed by atoms with Crippen molar-refractivity contribution in [2.45, 2.75) is 26.4 Å². The summed E-state index contributed by atoms with van der Waals surface area (Å²) < 4.78 is 7.75. The van der Waals surface area contributed by atoms with E-state index in [0.29, 0.717) is 5.82 Å². The number of nitrogens with zero attached hydrogens (tertiary/aromatic N) is 2. The smallest absolute Gasteiger partial charge is 0.413 e. The standard InChI is InChI=1S/C12H14BrN3O2/c1-12(2,3)18-11(17)14-10-6-9-5-4-8(13)7-16(9)15-10/h4-7H,1-3H3,(H,14,15,17). The summed E-state index contributed by atoms with van der Waals surface area (Å²) in [7, 11) is 0. The maximum Gasteiger partial charge on any atom is 0.413 e. The van der Waals surface area contributed by atoms with Gasteiger partial charge in [-0.25, -0.2) is 9.31 Å². The van der Waals surface area contributed by atoms with Crippen LogP contribution in [-0.2, 0) is 4.74 Å². The first kappa shape index (κ1) is 12.9. The van der Waals surface area contributed by atoms with Crippen LogP contribution in [0.4, 0.5) is 10.6 Å².